The number of aldehydes is 1. The second-order valence-corrected chi connectivity index (χ2v) is 9.77. The van der Waals surface area contributed by atoms with Crippen molar-refractivity contribution in [3.05, 3.63) is 23.7 Å². The Morgan fingerprint density at radius 1 is 1.06 bits per heavy atom. The molecule has 7 nitrogen and oxygen atoms in total. The molecule has 1 aliphatic carbocycles. The van der Waals surface area contributed by atoms with Gasteiger partial charge >= 0.3 is 0 Å². The number of carbonyl (C=O) groups excluding carboxylic acids is 2. The first-order valence-electron chi connectivity index (χ1n) is 12.2. The molecule has 0 saturated heterocycles. The zero-order valence-electron chi connectivity index (χ0n) is 21.9. The maximum Gasteiger partial charge on any atom is 0.204 e. The summed E-state index contributed by atoms with van der Waals surface area (Å²) >= 11 is 0. The fourth-order valence-electron chi connectivity index (χ4n) is 3.08. The Kier molecular flexibility index (Phi) is 21.7. The van der Waals surface area contributed by atoms with Crippen molar-refractivity contribution in [1.29, 1.82) is 5.41 Å². The van der Waals surface area contributed by atoms with E-state index in [9.17, 15) is 4.79 Å². The van der Waals surface area contributed by atoms with Crippen LogP contribution in [0, 0.1) is 16.7 Å². The van der Waals surface area contributed by atoms with Gasteiger partial charge in [-0.15, -0.1) is 0 Å². The highest BCUT2D eigenvalue weighted by Crippen LogP contribution is 2.16. The Morgan fingerprint density at radius 3 is 1.91 bits per heavy atom. The highest BCUT2D eigenvalue weighted by Gasteiger charge is 2.08. The minimum atomic E-state index is 0.0438. The number of nitrogens with two attached hydrogens (primary N) is 1. The van der Waals surface area contributed by atoms with Crippen molar-refractivity contribution in [2.45, 2.75) is 98.4 Å². The summed E-state index contributed by atoms with van der Waals surface area (Å²) in [6.45, 7) is 10.8. The molecule has 7 heteroatoms. The SMILES string of the molecule is CC(C)CO/C(N/C=C/C(C)(C)C)=C(/C=N)C=O.CNC1CCCCCCCCC1.NC=O. The van der Waals surface area contributed by atoms with E-state index in [1.165, 1.54) is 57.8 Å². The normalized spacial score (nSPS) is 16.3. The third-order valence-electron chi connectivity index (χ3n) is 4.92. The first kappa shape index (κ1) is 33.0. The van der Waals surface area contributed by atoms with Crippen molar-refractivity contribution >= 4 is 18.9 Å². The third kappa shape index (κ3) is 22.8. The average Bonchev–Trinajstić information content (AvgIpc) is 2.76. The number of primary amides is 1. The van der Waals surface area contributed by atoms with E-state index in [4.69, 9.17) is 14.9 Å². The van der Waals surface area contributed by atoms with Crippen LogP contribution in [0.2, 0.25) is 0 Å². The summed E-state index contributed by atoms with van der Waals surface area (Å²) < 4.78 is 5.50. The van der Waals surface area contributed by atoms with Crippen molar-refractivity contribution in [2.75, 3.05) is 13.7 Å². The largest absolute Gasteiger partial charge is 0.478 e. The van der Waals surface area contributed by atoms with Crippen molar-refractivity contribution < 1.29 is 14.3 Å². The number of amides is 1. The van der Waals surface area contributed by atoms with E-state index in [1.54, 1.807) is 6.20 Å². The van der Waals surface area contributed by atoms with Crippen LogP contribution in [0.4, 0.5) is 0 Å². The quantitative estimate of drug-likeness (QED) is 0.172. The molecule has 1 saturated carbocycles. The maximum absolute atomic E-state index is 10.8. The summed E-state index contributed by atoms with van der Waals surface area (Å²) in [6.07, 6.45) is 18.6. The highest BCUT2D eigenvalue weighted by molar-refractivity contribution is 6.00. The Labute approximate surface area is 202 Å². The molecule has 33 heavy (non-hydrogen) atoms. The third-order valence-corrected chi connectivity index (χ3v) is 4.92. The standard InChI is InChI=1S/C14H24N2O2.C11H23N.CH3NO/c1-11(2)10-18-13(12(8-15)9-17)16-7-6-14(3,4)5;1-12-11-9-7-5-3-2-4-6-8-10-11;2-1-3/h6-9,11,15-16H,10H2,1-5H3;11-12H,2-10H2,1H3;1H,(H2,2,3)/b7-6+,13-12-,15-8?;;. The summed E-state index contributed by atoms with van der Waals surface area (Å²) in [4.78, 5) is 19.4. The molecule has 0 heterocycles. The van der Waals surface area contributed by atoms with Crippen LogP contribution in [-0.2, 0) is 14.3 Å². The van der Waals surface area contributed by atoms with Gasteiger partial charge < -0.3 is 26.5 Å². The predicted octanol–water partition coefficient (Wildman–Crippen LogP) is 5.07. The van der Waals surface area contributed by atoms with Crippen molar-refractivity contribution in [1.82, 2.24) is 10.6 Å². The van der Waals surface area contributed by atoms with Crippen LogP contribution in [0.3, 0.4) is 0 Å². The maximum atomic E-state index is 10.8. The molecule has 192 valence electrons. The second kappa shape index (κ2) is 21.7. The van der Waals surface area contributed by atoms with E-state index >= 15 is 0 Å². The zero-order valence-corrected chi connectivity index (χ0v) is 21.9. The Morgan fingerprint density at radius 2 is 1.55 bits per heavy atom. The molecule has 0 unspecified atom stereocenters. The topological polar surface area (TPSA) is 117 Å². The molecule has 0 radical (unpaired) electrons. The minimum Gasteiger partial charge on any atom is -0.478 e. The number of allylic oxidation sites excluding steroid dienone is 2. The van der Waals surface area contributed by atoms with Gasteiger partial charge in [-0.1, -0.05) is 85.6 Å². The van der Waals surface area contributed by atoms with Gasteiger partial charge in [-0.3, -0.25) is 9.59 Å². The molecule has 0 aromatic rings. The number of ether oxygens (including phenoxy) is 1. The Balaban J connectivity index is 0. The van der Waals surface area contributed by atoms with Crippen LogP contribution < -0.4 is 16.4 Å². The van der Waals surface area contributed by atoms with Crippen LogP contribution in [0.5, 0.6) is 0 Å². The molecule has 0 aromatic carbocycles. The van der Waals surface area contributed by atoms with E-state index in [0.717, 1.165) is 12.3 Å². The fourth-order valence-corrected chi connectivity index (χ4v) is 3.08. The van der Waals surface area contributed by atoms with E-state index in [2.05, 4.69) is 44.2 Å². The van der Waals surface area contributed by atoms with E-state index in [1.807, 2.05) is 19.9 Å². The lowest BCUT2D eigenvalue weighted by Crippen LogP contribution is -2.25. The molecule has 1 amide bonds. The fraction of sp³-hybridized carbons (Fsp3) is 0.731. The number of hydrogen-bond acceptors (Lipinski definition) is 6. The van der Waals surface area contributed by atoms with E-state index < -0.39 is 0 Å². The summed E-state index contributed by atoms with van der Waals surface area (Å²) in [7, 11) is 2.11. The van der Waals surface area contributed by atoms with Crippen LogP contribution in [0.25, 0.3) is 0 Å². The van der Waals surface area contributed by atoms with Crippen LogP contribution in [-0.4, -0.2) is 38.6 Å². The molecule has 0 spiro atoms. The van der Waals surface area contributed by atoms with Gasteiger partial charge in [-0.2, -0.15) is 0 Å². The van der Waals surface area contributed by atoms with Gasteiger partial charge in [0.25, 0.3) is 0 Å². The molecule has 0 bridgehead atoms. The van der Waals surface area contributed by atoms with Gasteiger partial charge in [-0.25, -0.2) is 0 Å². The smallest absolute Gasteiger partial charge is 0.204 e. The lowest BCUT2D eigenvalue weighted by Gasteiger charge is -2.17. The molecule has 1 rings (SSSR count). The van der Waals surface area contributed by atoms with Gasteiger partial charge in [-0.05, 0) is 31.2 Å². The number of nitrogens with one attached hydrogen (secondary N) is 3. The van der Waals surface area contributed by atoms with Crippen molar-refractivity contribution in [3.8, 4) is 0 Å². The highest BCUT2D eigenvalue weighted by atomic mass is 16.5. The minimum absolute atomic E-state index is 0.0438. The molecule has 1 fully saturated rings. The van der Waals surface area contributed by atoms with E-state index in [-0.39, 0.29) is 17.4 Å². The zero-order chi connectivity index (χ0) is 25.5. The summed E-state index contributed by atoms with van der Waals surface area (Å²) in [5.74, 6) is 0.682. The molecular formula is C26H50N4O3. The molecule has 0 aromatic heterocycles. The molecule has 0 atom stereocenters. The molecule has 5 N–H and O–H groups in total. The van der Waals surface area contributed by atoms with Crippen molar-refractivity contribution in [3.63, 3.8) is 0 Å². The summed E-state index contributed by atoms with van der Waals surface area (Å²) in [5.41, 5.74) is 4.41. The average molecular weight is 467 g/mol. The van der Waals surface area contributed by atoms with Gasteiger partial charge in [0.05, 0.1) is 12.2 Å². The van der Waals surface area contributed by atoms with Gasteiger partial charge in [0.15, 0.2) is 6.29 Å². The van der Waals surface area contributed by atoms with Gasteiger partial charge in [0.2, 0.25) is 12.3 Å². The molecule has 0 aliphatic heterocycles. The number of rotatable bonds is 8. The first-order chi connectivity index (χ1) is 15.6. The Hall–Kier alpha value is -2.15. The number of hydrogen-bond donors (Lipinski definition) is 4. The van der Waals surface area contributed by atoms with Crippen LogP contribution in [0.15, 0.2) is 23.7 Å². The van der Waals surface area contributed by atoms with Crippen molar-refractivity contribution in [2.24, 2.45) is 17.1 Å². The van der Waals surface area contributed by atoms with Gasteiger partial charge in [0.1, 0.15) is 0 Å². The number of carbonyl (C=O) groups is 2. The van der Waals surface area contributed by atoms with E-state index in [0.29, 0.717) is 24.7 Å². The van der Waals surface area contributed by atoms with Crippen LogP contribution >= 0.6 is 0 Å². The monoisotopic (exact) mass is 466 g/mol. The Bertz CT molecular complexity index is 546. The van der Waals surface area contributed by atoms with Crippen LogP contribution in [0.1, 0.15) is 92.4 Å². The summed E-state index contributed by atoms with van der Waals surface area (Å²) in [6, 6.07) is 0.808. The summed E-state index contributed by atoms with van der Waals surface area (Å²) in [5, 5.41) is 13.5. The van der Waals surface area contributed by atoms with Gasteiger partial charge in [0, 0.05) is 18.5 Å². The lowest BCUT2D eigenvalue weighted by atomic mass is 9.97. The molecular weight excluding hydrogens is 416 g/mol. The second-order valence-electron chi connectivity index (χ2n) is 9.77. The predicted molar refractivity (Wildman–Crippen MR) is 139 cm³/mol. The first-order valence-corrected chi connectivity index (χ1v) is 12.2. The molecule has 1 aliphatic rings. The lowest BCUT2D eigenvalue weighted by molar-refractivity contribution is -0.107.